The molecule has 1 aliphatic rings. The first-order valence-corrected chi connectivity index (χ1v) is 7.83. The Morgan fingerprint density at radius 2 is 1.94 bits per heavy atom. The van der Waals surface area contributed by atoms with Crippen LogP contribution in [-0.2, 0) is 0 Å². The highest BCUT2D eigenvalue weighted by Gasteiger charge is 2.21. The number of nitrogens with one attached hydrogen (secondary N) is 1. The second kappa shape index (κ2) is 8.89. The van der Waals surface area contributed by atoms with Crippen molar-refractivity contribution in [2.24, 2.45) is 0 Å². The van der Waals surface area contributed by atoms with E-state index in [-0.39, 0.29) is 0 Å². The Morgan fingerprint density at radius 1 is 1.28 bits per heavy atom. The van der Waals surface area contributed by atoms with Gasteiger partial charge in [0.15, 0.2) is 0 Å². The van der Waals surface area contributed by atoms with E-state index in [9.17, 15) is 0 Å². The number of piperidine rings is 1. The largest absolute Gasteiger partial charge is 0.314 e. The fraction of sp³-hybridized carbons (Fsp3) is 1.00. The van der Waals surface area contributed by atoms with Gasteiger partial charge in [-0.05, 0) is 72.4 Å². The minimum Gasteiger partial charge on any atom is -0.314 e. The number of nitrogens with zero attached hydrogens (tertiary/aromatic N) is 2. The highest BCUT2D eigenvalue weighted by atomic mass is 15.2. The van der Waals surface area contributed by atoms with Crippen LogP contribution in [0.5, 0.6) is 0 Å². The molecule has 0 aromatic heterocycles. The van der Waals surface area contributed by atoms with E-state index in [1.54, 1.807) is 0 Å². The van der Waals surface area contributed by atoms with E-state index in [4.69, 9.17) is 0 Å². The Morgan fingerprint density at radius 3 is 2.50 bits per heavy atom. The normalized spacial score (nSPS) is 20.5. The predicted molar refractivity (Wildman–Crippen MR) is 80.1 cm³/mol. The van der Waals surface area contributed by atoms with Crippen molar-refractivity contribution in [2.75, 3.05) is 39.8 Å². The fourth-order valence-electron chi connectivity index (χ4n) is 2.75. The van der Waals surface area contributed by atoms with Gasteiger partial charge in [0.05, 0.1) is 0 Å². The van der Waals surface area contributed by atoms with Crippen molar-refractivity contribution < 1.29 is 0 Å². The summed E-state index contributed by atoms with van der Waals surface area (Å²) in [4.78, 5) is 5.15. The van der Waals surface area contributed by atoms with Gasteiger partial charge in [0.1, 0.15) is 0 Å². The maximum atomic E-state index is 3.57. The van der Waals surface area contributed by atoms with Gasteiger partial charge in [0.25, 0.3) is 0 Å². The zero-order chi connectivity index (χ0) is 13.4. The zero-order valence-electron chi connectivity index (χ0n) is 12.9. The summed E-state index contributed by atoms with van der Waals surface area (Å²) in [5, 5.41) is 3.57. The van der Waals surface area contributed by atoms with E-state index < -0.39 is 0 Å². The van der Waals surface area contributed by atoms with E-state index >= 15 is 0 Å². The van der Waals surface area contributed by atoms with Crippen molar-refractivity contribution in [2.45, 2.75) is 58.5 Å². The lowest BCUT2D eigenvalue weighted by atomic mass is 10.0. The first-order valence-electron chi connectivity index (χ1n) is 7.83. The molecule has 0 amide bonds. The van der Waals surface area contributed by atoms with Gasteiger partial charge >= 0.3 is 0 Å². The number of likely N-dealkylation sites (tertiary alicyclic amines) is 1. The molecule has 0 saturated carbocycles. The van der Waals surface area contributed by atoms with Crippen molar-refractivity contribution in [3.63, 3.8) is 0 Å². The molecule has 0 radical (unpaired) electrons. The summed E-state index contributed by atoms with van der Waals surface area (Å²) in [5.41, 5.74) is 0. The highest BCUT2D eigenvalue weighted by molar-refractivity contribution is 4.78. The fourth-order valence-corrected chi connectivity index (χ4v) is 2.75. The summed E-state index contributed by atoms with van der Waals surface area (Å²) in [6, 6.07) is 1.47. The van der Waals surface area contributed by atoms with Crippen LogP contribution in [-0.4, -0.2) is 61.7 Å². The molecule has 0 aliphatic carbocycles. The lowest BCUT2D eigenvalue weighted by molar-refractivity contribution is 0.128. The van der Waals surface area contributed by atoms with Crippen molar-refractivity contribution in [3.05, 3.63) is 0 Å². The van der Waals surface area contributed by atoms with Gasteiger partial charge in [0, 0.05) is 12.1 Å². The third-order valence-corrected chi connectivity index (χ3v) is 4.29. The summed E-state index contributed by atoms with van der Waals surface area (Å²) in [6.07, 6.45) is 5.20. The van der Waals surface area contributed by atoms with Gasteiger partial charge in [-0.1, -0.05) is 13.8 Å². The minimum atomic E-state index is 0.656. The highest BCUT2D eigenvalue weighted by Crippen LogP contribution is 2.15. The standard InChI is InChI=1S/C15H33N3/c1-5-10-16-14(3)7-11-17(4)15-8-12-18(6-2)13-9-15/h14-16H,5-13H2,1-4H3. The van der Waals surface area contributed by atoms with Crippen LogP contribution >= 0.6 is 0 Å². The molecule has 0 spiro atoms. The molecule has 1 aliphatic heterocycles. The van der Waals surface area contributed by atoms with Crippen LogP contribution in [0.3, 0.4) is 0 Å². The summed E-state index contributed by atoms with van der Waals surface area (Å²) in [5.74, 6) is 0. The Bertz CT molecular complexity index is 200. The van der Waals surface area contributed by atoms with Crippen molar-refractivity contribution >= 4 is 0 Å². The third-order valence-electron chi connectivity index (χ3n) is 4.29. The summed E-state index contributed by atoms with van der Waals surface area (Å²) in [6.45, 7) is 13.0. The van der Waals surface area contributed by atoms with Crippen LogP contribution in [0.1, 0.15) is 46.5 Å². The maximum Gasteiger partial charge on any atom is 0.0117 e. The van der Waals surface area contributed by atoms with Gasteiger partial charge < -0.3 is 15.1 Å². The van der Waals surface area contributed by atoms with Crippen LogP contribution in [0.4, 0.5) is 0 Å². The Labute approximate surface area is 114 Å². The van der Waals surface area contributed by atoms with Crippen LogP contribution < -0.4 is 5.32 Å². The lowest BCUT2D eigenvalue weighted by Gasteiger charge is -2.36. The molecular formula is C15H33N3. The SMILES string of the molecule is CCCNC(C)CCN(C)C1CCN(CC)CC1. The van der Waals surface area contributed by atoms with Crippen LogP contribution in [0.2, 0.25) is 0 Å². The molecule has 0 aromatic carbocycles. The summed E-state index contributed by atoms with van der Waals surface area (Å²) in [7, 11) is 2.30. The molecule has 1 heterocycles. The van der Waals surface area contributed by atoms with Crippen LogP contribution in [0, 0.1) is 0 Å². The molecule has 18 heavy (non-hydrogen) atoms. The predicted octanol–water partition coefficient (Wildman–Crippen LogP) is 2.18. The molecule has 3 nitrogen and oxygen atoms in total. The molecule has 0 aromatic rings. The van der Waals surface area contributed by atoms with Gasteiger partial charge in [0.2, 0.25) is 0 Å². The smallest absolute Gasteiger partial charge is 0.0117 e. The molecule has 3 heteroatoms. The number of hydrogen-bond donors (Lipinski definition) is 1. The van der Waals surface area contributed by atoms with E-state index in [0.29, 0.717) is 6.04 Å². The molecule has 108 valence electrons. The third kappa shape index (κ3) is 5.68. The van der Waals surface area contributed by atoms with E-state index in [1.807, 2.05) is 0 Å². The monoisotopic (exact) mass is 255 g/mol. The summed E-state index contributed by atoms with van der Waals surface area (Å²) < 4.78 is 0. The van der Waals surface area contributed by atoms with Crippen LogP contribution in [0.15, 0.2) is 0 Å². The maximum absolute atomic E-state index is 3.57. The molecule has 1 atom stereocenters. The molecule has 1 N–H and O–H groups in total. The van der Waals surface area contributed by atoms with Crippen molar-refractivity contribution in [1.82, 2.24) is 15.1 Å². The first kappa shape index (κ1) is 15.9. The quantitative estimate of drug-likeness (QED) is 0.717. The molecule has 1 unspecified atom stereocenters. The Kier molecular flexibility index (Phi) is 7.87. The van der Waals surface area contributed by atoms with Gasteiger partial charge in [-0.25, -0.2) is 0 Å². The average Bonchev–Trinajstić information content (AvgIpc) is 2.42. The van der Waals surface area contributed by atoms with Gasteiger partial charge in [-0.2, -0.15) is 0 Å². The van der Waals surface area contributed by atoms with E-state index in [1.165, 1.54) is 51.9 Å². The minimum absolute atomic E-state index is 0.656. The Balaban J connectivity index is 2.15. The molecule has 1 rings (SSSR count). The second-order valence-electron chi connectivity index (χ2n) is 5.79. The average molecular weight is 255 g/mol. The van der Waals surface area contributed by atoms with Crippen molar-refractivity contribution in [3.8, 4) is 0 Å². The van der Waals surface area contributed by atoms with Gasteiger partial charge in [-0.3, -0.25) is 0 Å². The second-order valence-corrected chi connectivity index (χ2v) is 5.79. The lowest BCUT2D eigenvalue weighted by Crippen LogP contribution is -2.44. The topological polar surface area (TPSA) is 18.5 Å². The molecule has 1 fully saturated rings. The van der Waals surface area contributed by atoms with Crippen molar-refractivity contribution in [1.29, 1.82) is 0 Å². The summed E-state index contributed by atoms with van der Waals surface area (Å²) >= 11 is 0. The number of hydrogen-bond acceptors (Lipinski definition) is 3. The van der Waals surface area contributed by atoms with Crippen LogP contribution in [0.25, 0.3) is 0 Å². The van der Waals surface area contributed by atoms with Gasteiger partial charge in [-0.15, -0.1) is 0 Å². The molecule has 0 bridgehead atoms. The van der Waals surface area contributed by atoms with E-state index in [0.717, 1.165) is 12.6 Å². The molecule has 1 saturated heterocycles. The van der Waals surface area contributed by atoms with E-state index in [2.05, 4.69) is 42.9 Å². The first-order chi connectivity index (χ1) is 8.67. The Hall–Kier alpha value is -0.120. The number of rotatable bonds is 8. The molecular weight excluding hydrogens is 222 g/mol. The zero-order valence-corrected chi connectivity index (χ0v) is 12.9.